The summed E-state index contributed by atoms with van der Waals surface area (Å²) < 4.78 is 11.1. The maximum Gasteiger partial charge on any atom is 0.220 e. The molecule has 0 fully saturated rings. The van der Waals surface area contributed by atoms with Crippen LogP contribution in [0.5, 0.6) is 17.4 Å². The zero-order chi connectivity index (χ0) is 14.7. The molecule has 2 aromatic carbocycles. The van der Waals surface area contributed by atoms with E-state index in [1.54, 1.807) is 7.11 Å². The normalized spacial score (nSPS) is 10.6. The van der Waals surface area contributed by atoms with Crippen molar-refractivity contribution >= 4 is 22.5 Å². The molecule has 106 valence electrons. The molecule has 3 aromatic rings. The minimum absolute atomic E-state index is 0.408. The summed E-state index contributed by atoms with van der Waals surface area (Å²) >= 11 is 6.03. The van der Waals surface area contributed by atoms with Gasteiger partial charge >= 0.3 is 0 Å². The summed E-state index contributed by atoms with van der Waals surface area (Å²) in [6, 6.07) is 17.2. The van der Waals surface area contributed by atoms with E-state index in [4.69, 9.17) is 21.1 Å². The molecule has 0 aliphatic heterocycles. The molecule has 0 saturated heterocycles. The largest absolute Gasteiger partial charge is 0.493 e. The number of fused-ring (bicyclic) bond motifs is 1. The summed E-state index contributed by atoms with van der Waals surface area (Å²) in [4.78, 5) is 4.52. The van der Waals surface area contributed by atoms with Crippen molar-refractivity contribution in [3.8, 4) is 17.4 Å². The number of rotatable bonds is 4. The predicted molar refractivity (Wildman–Crippen MR) is 84.4 cm³/mol. The zero-order valence-corrected chi connectivity index (χ0v) is 12.3. The van der Waals surface area contributed by atoms with E-state index in [0.29, 0.717) is 23.3 Å². The molecule has 4 heteroatoms. The van der Waals surface area contributed by atoms with E-state index in [1.165, 1.54) is 0 Å². The number of ether oxygens (including phenoxy) is 2. The fourth-order valence-electron chi connectivity index (χ4n) is 2.20. The van der Waals surface area contributed by atoms with Crippen LogP contribution in [-0.4, -0.2) is 12.1 Å². The fourth-order valence-corrected chi connectivity index (χ4v) is 2.42. The average Bonchev–Trinajstić information content (AvgIpc) is 2.54. The minimum atomic E-state index is 0.408. The van der Waals surface area contributed by atoms with E-state index in [-0.39, 0.29) is 0 Å². The van der Waals surface area contributed by atoms with Crippen molar-refractivity contribution in [2.45, 2.75) is 5.88 Å². The van der Waals surface area contributed by atoms with Crippen LogP contribution in [-0.2, 0) is 5.88 Å². The number of hydrogen-bond acceptors (Lipinski definition) is 3. The summed E-state index contributed by atoms with van der Waals surface area (Å²) in [5, 5.41) is 1.04. The number of nitrogens with zero attached hydrogens (tertiary/aromatic N) is 1. The lowest BCUT2D eigenvalue weighted by Crippen LogP contribution is -1.94. The van der Waals surface area contributed by atoms with Gasteiger partial charge in [0.15, 0.2) is 11.5 Å². The quantitative estimate of drug-likeness (QED) is 0.650. The molecule has 0 aliphatic carbocycles. The van der Waals surface area contributed by atoms with E-state index in [1.807, 2.05) is 54.6 Å². The Bertz CT molecular complexity index is 774. The first-order valence-corrected chi connectivity index (χ1v) is 7.11. The van der Waals surface area contributed by atoms with Crippen molar-refractivity contribution in [3.05, 3.63) is 60.2 Å². The lowest BCUT2D eigenvalue weighted by molar-refractivity contribution is 0.374. The first-order valence-electron chi connectivity index (χ1n) is 6.57. The molecule has 3 nitrogen and oxygen atoms in total. The van der Waals surface area contributed by atoms with Crippen molar-refractivity contribution in [1.82, 2.24) is 4.98 Å². The van der Waals surface area contributed by atoms with Gasteiger partial charge in [0.25, 0.3) is 0 Å². The van der Waals surface area contributed by atoms with Crippen LogP contribution >= 0.6 is 11.6 Å². The first-order chi connectivity index (χ1) is 10.3. The molecular formula is C17H14ClNO2. The summed E-state index contributed by atoms with van der Waals surface area (Å²) in [5.41, 5.74) is 1.85. The Hall–Kier alpha value is -2.26. The van der Waals surface area contributed by atoms with Crippen LogP contribution in [0.4, 0.5) is 0 Å². The second-order valence-electron chi connectivity index (χ2n) is 4.52. The van der Waals surface area contributed by atoms with Crippen LogP contribution in [0.1, 0.15) is 5.56 Å². The second kappa shape index (κ2) is 6.02. The van der Waals surface area contributed by atoms with E-state index in [0.717, 1.165) is 16.5 Å². The van der Waals surface area contributed by atoms with Crippen molar-refractivity contribution in [3.63, 3.8) is 0 Å². The van der Waals surface area contributed by atoms with Crippen molar-refractivity contribution < 1.29 is 9.47 Å². The second-order valence-corrected chi connectivity index (χ2v) is 4.79. The molecule has 0 unspecified atom stereocenters. The molecule has 21 heavy (non-hydrogen) atoms. The SMILES string of the molecule is COc1ccccc1Oc1cc(CCl)c2ccccc2n1. The Morgan fingerprint density at radius 3 is 2.48 bits per heavy atom. The van der Waals surface area contributed by atoms with Gasteiger partial charge in [0.2, 0.25) is 5.88 Å². The topological polar surface area (TPSA) is 31.4 Å². The van der Waals surface area contributed by atoms with Gasteiger partial charge in [0.05, 0.1) is 12.6 Å². The Morgan fingerprint density at radius 1 is 1.00 bits per heavy atom. The highest BCUT2D eigenvalue weighted by Gasteiger charge is 2.09. The van der Waals surface area contributed by atoms with Crippen molar-refractivity contribution in [2.24, 2.45) is 0 Å². The number of alkyl halides is 1. The highest BCUT2D eigenvalue weighted by atomic mass is 35.5. The smallest absolute Gasteiger partial charge is 0.220 e. The number of methoxy groups -OCH3 is 1. The molecule has 1 heterocycles. The molecule has 0 spiro atoms. The summed E-state index contributed by atoms with van der Waals surface area (Å²) in [7, 11) is 1.61. The Morgan fingerprint density at radius 2 is 1.71 bits per heavy atom. The molecule has 0 radical (unpaired) electrons. The Balaban J connectivity index is 2.05. The first kappa shape index (κ1) is 13.7. The van der Waals surface area contributed by atoms with Gasteiger partial charge in [-0.2, -0.15) is 0 Å². The van der Waals surface area contributed by atoms with Crippen LogP contribution in [0.15, 0.2) is 54.6 Å². The van der Waals surface area contributed by atoms with E-state index in [2.05, 4.69) is 4.98 Å². The van der Waals surface area contributed by atoms with Crippen LogP contribution in [0, 0.1) is 0 Å². The molecule has 0 aliphatic rings. The van der Waals surface area contributed by atoms with Gasteiger partial charge in [0.1, 0.15) is 0 Å². The molecule has 1 aromatic heterocycles. The minimum Gasteiger partial charge on any atom is -0.493 e. The number of benzene rings is 2. The van der Waals surface area contributed by atoms with Gasteiger partial charge < -0.3 is 9.47 Å². The molecule has 0 amide bonds. The number of pyridine rings is 1. The maximum absolute atomic E-state index is 6.03. The van der Waals surface area contributed by atoms with Crippen LogP contribution in [0.2, 0.25) is 0 Å². The fraction of sp³-hybridized carbons (Fsp3) is 0.118. The Kier molecular flexibility index (Phi) is 3.93. The van der Waals surface area contributed by atoms with Gasteiger partial charge in [0, 0.05) is 17.3 Å². The maximum atomic E-state index is 6.03. The van der Waals surface area contributed by atoms with Crippen LogP contribution in [0.3, 0.4) is 0 Å². The predicted octanol–water partition coefficient (Wildman–Crippen LogP) is 4.77. The van der Waals surface area contributed by atoms with Gasteiger partial charge in [-0.1, -0.05) is 30.3 Å². The summed E-state index contributed by atoms with van der Waals surface area (Å²) in [6.45, 7) is 0. The van der Waals surface area contributed by atoms with E-state index < -0.39 is 0 Å². The zero-order valence-electron chi connectivity index (χ0n) is 11.5. The van der Waals surface area contributed by atoms with Crippen LogP contribution < -0.4 is 9.47 Å². The number of hydrogen-bond donors (Lipinski definition) is 0. The third kappa shape index (κ3) is 2.78. The third-order valence-corrected chi connectivity index (χ3v) is 3.49. The number of para-hydroxylation sites is 3. The lowest BCUT2D eigenvalue weighted by Gasteiger charge is -2.11. The molecule has 3 rings (SSSR count). The molecule has 0 atom stereocenters. The third-order valence-electron chi connectivity index (χ3n) is 3.21. The molecule has 0 bridgehead atoms. The van der Waals surface area contributed by atoms with Crippen molar-refractivity contribution in [1.29, 1.82) is 0 Å². The lowest BCUT2D eigenvalue weighted by atomic mass is 10.1. The molecule has 0 saturated carbocycles. The summed E-state index contributed by atoms with van der Waals surface area (Å²) in [5.74, 6) is 2.21. The molecular weight excluding hydrogens is 286 g/mol. The van der Waals surface area contributed by atoms with Gasteiger partial charge in [-0.15, -0.1) is 11.6 Å². The van der Waals surface area contributed by atoms with Crippen LogP contribution in [0.25, 0.3) is 10.9 Å². The number of aromatic nitrogens is 1. The highest BCUT2D eigenvalue weighted by Crippen LogP contribution is 2.32. The molecule has 0 N–H and O–H groups in total. The standard InChI is InChI=1S/C17H14ClNO2/c1-20-15-8-4-5-9-16(15)21-17-10-12(11-18)13-6-2-3-7-14(13)19-17/h2-10H,11H2,1H3. The van der Waals surface area contributed by atoms with E-state index >= 15 is 0 Å². The van der Waals surface area contributed by atoms with Gasteiger partial charge in [-0.3, -0.25) is 0 Å². The monoisotopic (exact) mass is 299 g/mol. The van der Waals surface area contributed by atoms with Gasteiger partial charge in [-0.05, 0) is 23.8 Å². The number of halogens is 1. The average molecular weight is 300 g/mol. The highest BCUT2D eigenvalue weighted by molar-refractivity contribution is 6.18. The summed E-state index contributed by atoms with van der Waals surface area (Å²) in [6.07, 6.45) is 0. The Labute approximate surface area is 128 Å². The van der Waals surface area contributed by atoms with E-state index in [9.17, 15) is 0 Å². The van der Waals surface area contributed by atoms with Crippen molar-refractivity contribution in [2.75, 3.05) is 7.11 Å². The van der Waals surface area contributed by atoms with Gasteiger partial charge in [-0.25, -0.2) is 4.98 Å².